The van der Waals surface area contributed by atoms with E-state index in [1.165, 1.54) is 0 Å². The molecule has 6 heteroatoms. The zero-order valence-corrected chi connectivity index (χ0v) is 19.5. The van der Waals surface area contributed by atoms with E-state index in [1.54, 1.807) is 41.2 Å². The van der Waals surface area contributed by atoms with E-state index in [0.717, 1.165) is 16.9 Å². The SMILES string of the molecule is COc1cccc(C2CN(C(=O)c3ccccc3Cl)CC2C(=O)N(C)Cc2ccccc2)c1. The zero-order chi connectivity index (χ0) is 23.4. The summed E-state index contributed by atoms with van der Waals surface area (Å²) in [5, 5.41) is 0.413. The largest absolute Gasteiger partial charge is 0.497 e. The second-order valence-corrected chi connectivity index (χ2v) is 8.77. The van der Waals surface area contributed by atoms with Crippen LogP contribution in [-0.4, -0.2) is 48.9 Å². The number of methoxy groups -OCH3 is 1. The van der Waals surface area contributed by atoms with Gasteiger partial charge in [-0.05, 0) is 35.4 Å². The molecule has 0 spiro atoms. The molecule has 170 valence electrons. The lowest BCUT2D eigenvalue weighted by molar-refractivity contribution is -0.134. The van der Waals surface area contributed by atoms with Gasteiger partial charge in [0.2, 0.25) is 5.91 Å². The van der Waals surface area contributed by atoms with Crippen LogP contribution in [0.1, 0.15) is 27.4 Å². The molecule has 3 aromatic rings. The molecule has 2 unspecified atom stereocenters. The predicted molar refractivity (Wildman–Crippen MR) is 129 cm³/mol. The highest BCUT2D eigenvalue weighted by atomic mass is 35.5. The van der Waals surface area contributed by atoms with Crippen molar-refractivity contribution in [1.29, 1.82) is 0 Å². The maximum atomic E-state index is 13.6. The first-order valence-electron chi connectivity index (χ1n) is 10.9. The number of amides is 2. The van der Waals surface area contributed by atoms with Gasteiger partial charge in [-0.2, -0.15) is 0 Å². The molecule has 0 N–H and O–H groups in total. The van der Waals surface area contributed by atoms with Crippen LogP contribution in [0.3, 0.4) is 0 Å². The van der Waals surface area contributed by atoms with Gasteiger partial charge < -0.3 is 14.5 Å². The number of rotatable bonds is 6. The Balaban J connectivity index is 1.62. The average Bonchev–Trinajstić information content (AvgIpc) is 3.29. The van der Waals surface area contributed by atoms with E-state index in [0.29, 0.717) is 30.2 Å². The summed E-state index contributed by atoms with van der Waals surface area (Å²) in [4.78, 5) is 30.4. The fraction of sp³-hybridized carbons (Fsp3) is 0.259. The fourth-order valence-electron chi connectivity index (χ4n) is 4.45. The van der Waals surface area contributed by atoms with Crippen LogP contribution in [0, 0.1) is 5.92 Å². The van der Waals surface area contributed by atoms with Gasteiger partial charge >= 0.3 is 0 Å². The van der Waals surface area contributed by atoms with Crippen LogP contribution in [0.2, 0.25) is 5.02 Å². The summed E-state index contributed by atoms with van der Waals surface area (Å²) < 4.78 is 5.40. The highest BCUT2D eigenvalue weighted by Crippen LogP contribution is 2.36. The number of ether oxygens (including phenoxy) is 1. The Hall–Kier alpha value is -3.31. The van der Waals surface area contributed by atoms with Gasteiger partial charge in [0, 0.05) is 32.6 Å². The molecular weight excluding hydrogens is 436 g/mol. The molecule has 1 heterocycles. The molecule has 2 amide bonds. The summed E-state index contributed by atoms with van der Waals surface area (Å²) in [5.41, 5.74) is 2.50. The monoisotopic (exact) mass is 462 g/mol. The molecule has 3 aromatic carbocycles. The Labute approximate surface area is 199 Å². The lowest BCUT2D eigenvalue weighted by atomic mass is 9.88. The average molecular weight is 463 g/mol. The third-order valence-electron chi connectivity index (χ3n) is 6.19. The first kappa shape index (κ1) is 22.9. The van der Waals surface area contributed by atoms with E-state index in [1.807, 2.05) is 61.6 Å². The molecule has 5 nitrogen and oxygen atoms in total. The van der Waals surface area contributed by atoms with Crippen LogP contribution in [0.4, 0.5) is 0 Å². The number of nitrogens with zero attached hydrogens (tertiary/aromatic N) is 2. The summed E-state index contributed by atoms with van der Waals surface area (Å²) in [6, 6.07) is 24.7. The van der Waals surface area contributed by atoms with Crippen molar-refractivity contribution >= 4 is 23.4 Å². The van der Waals surface area contributed by atoms with Crippen molar-refractivity contribution in [2.24, 2.45) is 5.92 Å². The smallest absolute Gasteiger partial charge is 0.255 e. The predicted octanol–water partition coefficient (Wildman–Crippen LogP) is 4.86. The van der Waals surface area contributed by atoms with Gasteiger partial charge in [0.25, 0.3) is 5.91 Å². The van der Waals surface area contributed by atoms with Crippen LogP contribution in [0.15, 0.2) is 78.9 Å². The standard InChI is InChI=1S/C27H27ClN2O3/c1-29(16-19-9-4-3-5-10-19)26(31)24-18-30(27(32)22-13-6-7-14-25(22)28)17-23(24)20-11-8-12-21(15-20)33-2/h3-15,23-24H,16-18H2,1-2H3. The Bertz CT molecular complexity index is 1130. The van der Waals surface area contributed by atoms with Gasteiger partial charge in [-0.1, -0.05) is 66.2 Å². The first-order valence-corrected chi connectivity index (χ1v) is 11.3. The van der Waals surface area contributed by atoms with E-state index in [2.05, 4.69) is 0 Å². The summed E-state index contributed by atoms with van der Waals surface area (Å²) in [6.07, 6.45) is 0. The number of hydrogen-bond donors (Lipinski definition) is 0. The van der Waals surface area contributed by atoms with E-state index in [-0.39, 0.29) is 23.7 Å². The maximum Gasteiger partial charge on any atom is 0.255 e. The Morgan fingerprint density at radius 3 is 2.45 bits per heavy atom. The van der Waals surface area contributed by atoms with Gasteiger partial charge in [-0.25, -0.2) is 0 Å². The van der Waals surface area contributed by atoms with Crippen molar-refractivity contribution in [3.63, 3.8) is 0 Å². The highest BCUT2D eigenvalue weighted by Gasteiger charge is 2.42. The zero-order valence-electron chi connectivity index (χ0n) is 18.8. The third kappa shape index (κ3) is 5.04. The molecule has 0 aromatic heterocycles. The summed E-state index contributed by atoms with van der Waals surface area (Å²) in [6.45, 7) is 1.29. The molecule has 1 aliphatic heterocycles. The summed E-state index contributed by atoms with van der Waals surface area (Å²) >= 11 is 6.29. The fourth-order valence-corrected chi connectivity index (χ4v) is 4.67. The molecule has 4 rings (SSSR count). The first-order chi connectivity index (χ1) is 16.0. The molecule has 1 saturated heterocycles. The minimum Gasteiger partial charge on any atom is -0.497 e. The van der Waals surface area contributed by atoms with Crippen LogP contribution < -0.4 is 4.74 Å². The van der Waals surface area contributed by atoms with E-state index < -0.39 is 0 Å². The van der Waals surface area contributed by atoms with Crippen LogP contribution in [0.5, 0.6) is 5.75 Å². The van der Waals surface area contributed by atoms with Gasteiger partial charge in [-0.15, -0.1) is 0 Å². The second-order valence-electron chi connectivity index (χ2n) is 8.36. The van der Waals surface area contributed by atoms with Crippen molar-refractivity contribution in [3.05, 3.63) is 101 Å². The van der Waals surface area contributed by atoms with Crippen molar-refractivity contribution in [2.45, 2.75) is 12.5 Å². The number of carbonyl (C=O) groups is 2. The summed E-state index contributed by atoms with van der Waals surface area (Å²) in [5.74, 6) is 0.0809. The third-order valence-corrected chi connectivity index (χ3v) is 6.52. The number of halogens is 1. The Morgan fingerprint density at radius 1 is 1.00 bits per heavy atom. The van der Waals surface area contributed by atoms with Crippen LogP contribution >= 0.6 is 11.6 Å². The molecule has 0 aliphatic carbocycles. The van der Waals surface area contributed by atoms with Crippen molar-refractivity contribution in [2.75, 3.05) is 27.2 Å². The Kier molecular flexibility index (Phi) is 6.99. The minimum atomic E-state index is -0.364. The lowest BCUT2D eigenvalue weighted by Crippen LogP contribution is -2.36. The quantitative estimate of drug-likeness (QED) is 0.525. The minimum absolute atomic E-state index is 0.0149. The lowest BCUT2D eigenvalue weighted by Gasteiger charge is -2.25. The van der Waals surface area contributed by atoms with Gasteiger partial charge in [0.15, 0.2) is 0 Å². The van der Waals surface area contributed by atoms with Crippen LogP contribution in [0.25, 0.3) is 0 Å². The molecule has 0 saturated carbocycles. The van der Waals surface area contributed by atoms with Crippen molar-refractivity contribution in [1.82, 2.24) is 9.80 Å². The molecule has 33 heavy (non-hydrogen) atoms. The van der Waals surface area contributed by atoms with Crippen molar-refractivity contribution < 1.29 is 14.3 Å². The number of hydrogen-bond acceptors (Lipinski definition) is 3. The number of benzene rings is 3. The molecule has 2 atom stereocenters. The van der Waals surface area contributed by atoms with Gasteiger partial charge in [0.05, 0.1) is 23.6 Å². The van der Waals surface area contributed by atoms with Crippen LogP contribution in [-0.2, 0) is 11.3 Å². The van der Waals surface area contributed by atoms with Gasteiger partial charge in [-0.3, -0.25) is 9.59 Å². The van der Waals surface area contributed by atoms with E-state index in [9.17, 15) is 9.59 Å². The summed E-state index contributed by atoms with van der Waals surface area (Å²) in [7, 11) is 3.44. The maximum absolute atomic E-state index is 13.6. The van der Waals surface area contributed by atoms with E-state index >= 15 is 0 Å². The number of carbonyl (C=O) groups excluding carboxylic acids is 2. The normalized spacial score (nSPS) is 17.6. The molecule has 1 fully saturated rings. The molecule has 1 aliphatic rings. The van der Waals surface area contributed by atoms with Crippen molar-refractivity contribution in [3.8, 4) is 5.75 Å². The highest BCUT2D eigenvalue weighted by molar-refractivity contribution is 6.33. The molecule has 0 radical (unpaired) electrons. The number of likely N-dealkylation sites (tertiary alicyclic amines) is 1. The molecular formula is C27H27ClN2O3. The Morgan fingerprint density at radius 2 is 1.73 bits per heavy atom. The second kappa shape index (κ2) is 10.1. The molecule has 0 bridgehead atoms. The van der Waals surface area contributed by atoms with Gasteiger partial charge in [0.1, 0.15) is 5.75 Å². The topological polar surface area (TPSA) is 49.9 Å². The van der Waals surface area contributed by atoms with E-state index in [4.69, 9.17) is 16.3 Å².